The summed E-state index contributed by atoms with van der Waals surface area (Å²) in [5.74, 6) is 0.184. The van der Waals surface area contributed by atoms with E-state index in [4.69, 9.17) is 0 Å². The second kappa shape index (κ2) is 12.5. The third-order valence-electron chi connectivity index (χ3n) is 3.65. The van der Waals surface area contributed by atoms with Gasteiger partial charge >= 0.3 is 0 Å². The maximum Gasteiger partial charge on any atom is 0.221 e. The van der Waals surface area contributed by atoms with Crippen LogP contribution in [-0.2, 0) is 4.79 Å². The Hall–Kier alpha value is -0.570. The lowest BCUT2D eigenvalue weighted by molar-refractivity contribution is -0.122. The summed E-state index contributed by atoms with van der Waals surface area (Å²) in [7, 11) is 3.95. The molecule has 1 unspecified atom stereocenters. The summed E-state index contributed by atoms with van der Waals surface area (Å²) in [6, 6.07) is 0. The maximum atomic E-state index is 11.6. The number of unbranched alkanes of at least 4 members (excludes halogenated alkanes) is 8. The van der Waals surface area contributed by atoms with E-state index in [2.05, 4.69) is 12.2 Å². The summed E-state index contributed by atoms with van der Waals surface area (Å²) in [6.45, 7) is 4.26. The molecule has 1 amide bonds. The van der Waals surface area contributed by atoms with Gasteiger partial charge in [-0.3, -0.25) is 9.69 Å². The highest BCUT2D eigenvalue weighted by Crippen LogP contribution is 2.10. The Kier molecular flexibility index (Phi) is 12.1. The normalized spacial score (nSPS) is 12.7. The van der Waals surface area contributed by atoms with E-state index >= 15 is 0 Å². The summed E-state index contributed by atoms with van der Waals surface area (Å²) in [5.41, 5.74) is 0. The average molecular weight is 270 g/mol. The fourth-order valence-corrected chi connectivity index (χ4v) is 2.03. The van der Waals surface area contributed by atoms with Gasteiger partial charge in [0.05, 0.1) is 6.17 Å². The fourth-order valence-electron chi connectivity index (χ4n) is 2.03. The largest absolute Gasteiger partial charge is 0.341 e. The van der Waals surface area contributed by atoms with Crippen LogP contribution in [0.2, 0.25) is 0 Å². The summed E-state index contributed by atoms with van der Waals surface area (Å²) in [4.78, 5) is 13.6. The van der Waals surface area contributed by atoms with E-state index in [-0.39, 0.29) is 12.1 Å². The van der Waals surface area contributed by atoms with E-state index in [0.717, 1.165) is 6.42 Å². The second-order valence-electron chi connectivity index (χ2n) is 5.79. The molecule has 0 radical (unpaired) electrons. The van der Waals surface area contributed by atoms with Crippen molar-refractivity contribution in [3.63, 3.8) is 0 Å². The van der Waals surface area contributed by atoms with Gasteiger partial charge in [-0.2, -0.15) is 0 Å². The Labute approximate surface area is 120 Å². The molecule has 0 heterocycles. The summed E-state index contributed by atoms with van der Waals surface area (Å²) >= 11 is 0. The molecular formula is C16H34N2O. The van der Waals surface area contributed by atoms with Crippen LogP contribution in [0.15, 0.2) is 0 Å². The number of rotatable bonds is 12. The number of nitrogens with one attached hydrogen (secondary N) is 1. The van der Waals surface area contributed by atoms with E-state index in [9.17, 15) is 4.79 Å². The van der Waals surface area contributed by atoms with Crippen LogP contribution in [0.5, 0.6) is 0 Å². The molecule has 0 aliphatic carbocycles. The van der Waals surface area contributed by atoms with Crippen molar-refractivity contribution in [3.05, 3.63) is 0 Å². The zero-order valence-electron chi connectivity index (χ0n) is 13.5. The fraction of sp³-hybridized carbons (Fsp3) is 0.938. The van der Waals surface area contributed by atoms with Crippen molar-refractivity contribution in [2.75, 3.05) is 14.1 Å². The second-order valence-corrected chi connectivity index (χ2v) is 5.79. The monoisotopic (exact) mass is 270 g/mol. The minimum Gasteiger partial charge on any atom is -0.341 e. The molecule has 1 atom stereocenters. The highest BCUT2D eigenvalue weighted by molar-refractivity contribution is 5.76. The number of hydrogen-bond acceptors (Lipinski definition) is 2. The van der Waals surface area contributed by atoms with Crippen LogP contribution in [0.3, 0.4) is 0 Å². The molecule has 0 aliphatic rings. The highest BCUT2D eigenvalue weighted by atomic mass is 16.1. The first kappa shape index (κ1) is 18.4. The van der Waals surface area contributed by atoms with Crippen LogP contribution in [0.1, 0.15) is 78.1 Å². The van der Waals surface area contributed by atoms with E-state index in [1.54, 1.807) is 0 Å². The number of nitrogens with zero attached hydrogens (tertiary/aromatic N) is 1. The standard InChI is InChI=1S/C16H34N2O/c1-5-6-7-8-9-10-11-12-13-14-16(19)17-15(2)18(3)4/h15H,5-14H2,1-4H3,(H,17,19). The van der Waals surface area contributed by atoms with Crippen molar-refractivity contribution < 1.29 is 4.79 Å². The van der Waals surface area contributed by atoms with Crippen LogP contribution in [0.25, 0.3) is 0 Å². The molecule has 3 nitrogen and oxygen atoms in total. The molecule has 1 N–H and O–H groups in total. The minimum atomic E-state index is 0.131. The molecule has 3 heteroatoms. The summed E-state index contributed by atoms with van der Waals surface area (Å²) < 4.78 is 0. The van der Waals surface area contributed by atoms with Gasteiger partial charge in [-0.1, -0.05) is 58.3 Å². The van der Waals surface area contributed by atoms with Crippen LogP contribution < -0.4 is 5.32 Å². The molecular weight excluding hydrogens is 236 g/mol. The molecule has 0 saturated carbocycles. The minimum absolute atomic E-state index is 0.131. The van der Waals surface area contributed by atoms with Gasteiger partial charge < -0.3 is 5.32 Å². The number of carbonyl (C=O) groups excluding carboxylic acids is 1. The molecule has 0 aromatic rings. The van der Waals surface area contributed by atoms with Gasteiger partial charge in [0, 0.05) is 6.42 Å². The lowest BCUT2D eigenvalue weighted by Crippen LogP contribution is -2.42. The third-order valence-corrected chi connectivity index (χ3v) is 3.65. The van der Waals surface area contributed by atoms with Gasteiger partial charge in [0.15, 0.2) is 0 Å². The first-order valence-electron chi connectivity index (χ1n) is 8.03. The Balaban J connectivity index is 3.27. The van der Waals surface area contributed by atoms with Crippen molar-refractivity contribution in [3.8, 4) is 0 Å². The molecule has 0 saturated heterocycles. The maximum absolute atomic E-state index is 11.6. The van der Waals surface area contributed by atoms with E-state index in [1.807, 2.05) is 25.9 Å². The molecule has 0 aromatic carbocycles. The molecule has 0 aliphatic heterocycles. The zero-order chi connectivity index (χ0) is 14.5. The van der Waals surface area contributed by atoms with Gasteiger partial charge in [0.1, 0.15) is 0 Å². The first-order valence-corrected chi connectivity index (χ1v) is 8.03. The van der Waals surface area contributed by atoms with Crippen LogP contribution in [0.4, 0.5) is 0 Å². The van der Waals surface area contributed by atoms with Gasteiger partial charge in [-0.05, 0) is 27.4 Å². The molecule has 0 bridgehead atoms. The third kappa shape index (κ3) is 12.2. The predicted octanol–water partition coefficient (Wildman–Crippen LogP) is 3.93. The smallest absolute Gasteiger partial charge is 0.221 e. The van der Waals surface area contributed by atoms with E-state index < -0.39 is 0 Å². The van der Waals surface area contributed by atoms with Gasteiger partial charge in [-0.25, -0.2) is 0 Å². The summed E-state index contributed by atoms with van der Waals surface area (Å²) in [5, 5.41) is 2.99. The molecule has 114 valence electrons. The Morgan fingerprint density at radius 1 is 0.947 bits per heavy atom. The number of hydrogen-bond donors (Lipinski definition) is 1. The van der Waals surface area contributed by atoms with Crippen LogP contribution in [-0.4, -0.2) is 31.1 Å². The number of carbonyl (C=O) groups is 1. The molecule has 0 aromatic heterocycles. The molecule has 0 fully saturated rings. The Morgan fingerprint density at radius 2 is 1.42 bits per heavy atom. The number of amides is 1. The van der Waals surface area contributed by atoms with Crippen molar-refractivity contribution in [2.24, 2.45) is 0 Å². The van der Waals surface area contributed by atoms with Gasteiger partial charge in [0.2, 0.25) is 5.91 Å². The summed E-state index contributed by atoms with van der Waals surface area (Å²) in [6.07, 6.45) is 12.5. The van der Waals surface area contributed by atoms with Crippen molar-refractivity contribution in [1.82, 2.24) is 10.2 Å². The first-order chi connectivity index (χ1) is 9.07. The molecule has 0 spiro atoms. The van der Waals surface area contributed by atoms with Gasteiger partial charge in [0.25, 0.3) is 0 Å². The van der Waals surface area contributed by atoms with Crippen molar-refractivity contribution in [1.29, 1.82) is 0 Å². The lowest BCUT2D eigenvalue weighted by atomic mass is 10.1. The molecule has 0 rings (SSSR count). The Bertz CT molecular complexity index is 217. The molecule has 19 heavy (non-hydrogen) atoms. The van der Waals surface area contributed by atoms with Crippen molar-refractivity contribution >= 4 is 5.91 Å². The zero-order valence-corrected chi connectivity index (χ0v) is 13.5. The van der Waals surface area contributed by atoms with Crippen LogP contribution in [0, 0.1) is 0 Å². The van der Waals surface area contributed by atoms with Crippen molar-refractivity contribution in [2.45, 2.75) is 84.2 Å². The lowest BCUT2D eigenvalue weighted by Gasteiger charge is -2.20. The van der Waals surface area contributed by atoms with E-state index in [1.165, 1.54) is 51.4 Å². The quantitative estimate of drug-likeness (QED) is 0.430. The Morgan fingerprint density at radius 3 is 1.89 bits per heavy atom. The topological polar surface area (TPSA) is 32.3 Å². The predicted molar refractivity (Wildman–Crippen MR) is 83.1 cm³/mol. The highest BCUT2D eigenvalue weighted by Gasteiger charge is 2.07. The van der Waals surface area contributed by atoms with E-state index in [0.29, 0.717) is 6.42 Å². The SMILES string of the molecule is CCCCCCCCCCCC(=O)NC(C)N(C)C. The average Bonchev–Trinajstić information content (AvgIpc) is 2.36. The van der Waals surface area contributed by atoms with Crippen LogP contribution >= 0.6 is 0 Å². The van der Waals surface area contributed by atoms with Gasteiger partial charge in [-0.15, -0.1) is 0 Å².